The molecule has 3 rings (SSSR count). The van der Waals surface area contributed by atoms with Crippen LogP contribution in [0.1, 0.15) is 17.5 Å². The van der Waals surface area contributed by atoms with Crippen molar-refractivity contribution in [1.29, 1.82) is 0 Å². The van der Waals surface area contributed by atoms with Gasteiger partial charge in [0.1, 0.15) is 10.6 Å². The molecule has 0 radical (unpaired) electrons. The molecule has 0 bridgehead atoms. The van der Waals surface area contributed by atoms with Crippen LogP contribution in [0.3, 0.4) is 0 Å². The van der Waals surface area contributed by atoms with Gasteiger partial charge in [-0.15, -0.1) is 11.3 Å². The van der Waals surface area contributed by atoms with Crippen LogP contribution in [0.15, 0.2) is 46.7 Å². The third-order valence-corrected chi connectivity index (χ3v) is 6.28. The molecule has 1 heterocycles. The first-order chi connectivity index (χ1) is 12.8. The summed E-state index contributed by atoms with van der Waals surface area (Å²) < 4.78 is 34.3. The number of halogens is 1. The quantitative estimate of drug-likeness (QED) is 0.586. The lowest BCUT2D eigenvalue weighted by atomic mass is 10.2. The number of anilines is 1. The highest BCUT2D eigenvalue weighted by Gasteiger charge is 2.22. The maximum Gasteiger partial charge on any atom is 0.265 e. The van der Waals surface area contributed by atoms with E-state index in [-0.39, 0.29) is 4.90 Å². The maximum atomic E-state index is 13.1. The van der Waals surface area contributed by atoms with Gasteiger partial charge in [0.25, 0.3) is 10.0 Å². The van der Waals surface area contributed by atoms with Gasteiger partial charge >= 0.3 is 0 Å². The number of nitrogens with one attached hydrogen (secondary N) is 1. The summed E-state index contributed by atoms with van der Waals surface area (Å²) in [4.78, 5) is 4.51. The van der Waals surface area contributed by atoms with Gasteiger partial charge in [-0.25, -0.2) is 13.4 Å². The van der Waals surface area contributed by atoms with E-state index in [1.165, 1.54) is 11.3 Å². The number of aromatic nitrogens is 1. The van der Waals surface area contributed by atoms with E-state index >= 15 is 0 Å². The van der Waals surface area contributed by atoms with E-state index in [2.05, 4.69) is 9.71 Å². The van der Waals surface area contributed by atoms with E-state index in [1.807, 2.05) is 25.3 Å². The fraction of sp³-hybridized carbons (Fsp3) is 0.211. The lowest BCUT2D eigenvalue weighted by molar-refractivity contribution is 0.331. The first-order valence-corrected chi connectivity index (χ1v) is 11.0. The van der Waals surface area contributed by atoms with Crippen molar-refractivity contribution in [2.24, 2.45) is 0 Å². The van der Waals surface area contributed by atoms with Crippen LogP contribution in [0.25, 0.3) is 11.3 Å². The standard InChI is InChI=1S/C19H19ClN2O3S2/c1-4-25-18-8-5-14(17-11-26-13(3)21-17)10-19(18)27(23,24)22-16-7-6-15(20)9-12(16)2/h5-11,22H,4H2,1-3H3. The number of ether oxygens (including phenoxy) is 1. The van der Waals surface area contributed by atoms with Crippen LogP contribution in [0.5, 0.6) is 5.75 Å². The van der Waals surface area contributed by atoms with Crippen molar-refractivity contribution in [2.75, 3.05) is 11.3 Å². The number of nitrogens with zero attached hydrogens (tertiary/aromatic N) is 1. The Labute approximate surface area is 168 Å². The Balaban J connectivity index is 2.06. The van der Waals surface area contributed by atoms with Crippen LogP contribution in [0.4, 0.5) is 5.69 Å². The molecule has 142 valence electrons. The second kappa shape index (κ2) is 7.88. The molecule has 8 heteroatoms. The van der Waals surface area contributed by atoms with Crippen LogP contribution in [0, 0.1) is 13.8 Å². The van der Waals surface area contributed by atoms with E-state index in [0.29, 0.717) is 23.1 Å². The highest BCUT2D eigenvalue weighted by Crippen LogP contribution is 2.32. The Morgan fingerprint density at radius 2 is 1.96 bits per heavy atom. The fourth-order valence-electron chi connectivity index (χ4n) is 2.59. The monoisotopic (exact) mass is 422 g/mol. The van der Waals surface area contributed by atoms with Crippen molar-refractivity contribution in [3.63, 3.8) is 0 Å². The predicted molar refractivity (Wildman–Crippen MR) is 110 cm³/mol. The minimum Gasteiger partial charge on any atom is -0.492 e. The lowest BCUT2D eigenvalue weighted by Gasteiger charge is -2.15. The second-order valence-corrected chi connectivity index (χ2v) is 9.06. The van der Waals surface area contributed by atoms with Gasteiger partial charge in [0.2, 0.25) is 0 Å². The number of hydrogen-bond acceptors (Lipinski definition) is 5. The summed E-state index contributed by atoms with van der Waals surface area (Å²) in [6.07, 6.45) is 0. The summed E-state index contributed by atoms with van der Waals surface area (Å²) in [5.41, 5.74) is 2.66. The third kappa shape index (κ3) is 4.43. The van der Waals surface area contributed by atoms with Gasteiger partial charge < -0.3 is 4.74 Å². The molecular formula is C19H19ClN2O3S2. The van der Waals surface area contributed by atoms with Crippen molar-refractivity contribution < 1.29 is 13.2 Å². The molecule has 0 atom stereocenters. The van der Waals surface area contributed by atoms with E-state index in [0.717, 1.165) is 21.8 Å². The summed E-state index contributed by atoms with van der Waals surface area (Å²) in [6.45, 7) is 5.87. The number of thiazole rings is 1. The van der Waals surface area contributed by atoms with Gasteiger partial charge in [-0.1, -0.05) is 11.6 Å². The van der Waals surface area contributed by atoms with Crippen molar-refractivity contribution in [3.05, 3.63) is 57.4 Å². The zero-order valence-electron chi connectivity index (χ0n) is 15.1. The van der Waals surface area contributed by atoms with Gasteiger partial charge in [-0.3, -0.25) is 4.72 Å². The summed E-state index contributed by atoms with van der Waals surface area (Å²) in [5, 5.41) is 3.36. The van der Waals surface area contributed by atoms with E-state index < -0.39 is 10.0 Å². The predicted octanol–water partition coefficient (Wildman–Crippen LogP) is 5.28. The van der Waals surface area contributed by atoms with E-state index in [9.17, 15) is 8.42 Å². The minimum absolute atomic E-state index is 0.0712. The van der Waals surface area contributed by atoms with Crippen LogP contribution < -0.4 is 9.46 Å². The SMILES string of the molecule is CCOc1ccc(-c2csc(C)n2)cc1S(=O)(=O)Nc1ccc(Cl)cc1C. The topological polar surface area (TPSA) is 68.3 Å². The first-order valence-electron chi connectivity index (χ1n) is 8.28. The third-order valence-electron chi connectivity index (χ3n) is 3.88. The Bertz CT molecular complexity index is 1080. The van der Waals surface area contributed by atoms with E-state index in [4.69, 9.17) is 16.3 Å². The van der Waals surface area contributed by atoms with Gasteiger partial charge in [-0.2, -0.15) is 0 Å². The summed E-state index contributed by atoms with van der Waals surface area (Å²) >= 11 is 7.47. The number of benzene rings is 2. The number of aryl methyl sites for hydroxylation is 2. The molecule has 0 amide bonds. The molecule has 0 fully saturated rings. The van der Waals surface area contributed by atoms with Crippen LogP contribution in [-0.4, -0.2) is 20.0 Å². The van der Waals surface area contributed by atoms with Crippen molar-refractivity contribution in [2.45, 2.75) is 25.7 Å². The molecule has 0 unspecified atom stereocenters. The zero-order valence-corrected chi connectivity index (χ0v) is 17.5. The summed E-state index contributed by atoms with van der Waals surface area (Å²) in [6, 6.07) is 10.1. The van der Waals surface area contributed by atoms with Crippen LogP contribution in [-0.2, 0) is 10.0 Å². The molecule has 1 aromatic heterocycles. The van der Waals surface area contributed by atoms with Gasteiger partial charge in [0, 0.05) is 16.0 Å². The Morgan fingerprint density at radius 1 is 1.19 bits per heavy atom. The van der Waals surface area contributed by atoms with Gasteiger partial charge in [0.05, 0.1) is 23.0 Å². The maximum absolute atomic E-state index is 13.1. The molecule has 5 nitrogen and oxygen atoms in total. The highest BCUT2D eigenvalue weighted by atomic mass is 35.5. The Morgan fingerprint density at radius 3 is 2.59 bits per heavy atom. The van der Waals surface area contributed by atoms with Crippen LogP contribution in [0.2, 0.25) is 5.02 Å². The molecule has 3 aromatic rings. The fourth-order valence-corrected chi connectivity index (χ4v) is 4.74. The summed E-state index contributed by atoms with van der Waals surface area (Å²) in [5.74, 6) is 0.298. The molecular weight excluding hydrogens is 404 g/mol. The van der Waals surface area contributed by atoms with Gasteiger partial charge in [0.15, 0.2) is 0 Å². The van der Waals surface area contributed by atoms with Crippen molar-refractivity contribution in [3.8, 4) is 17.0 Å². The smallest absolute Gasteiger partial charge is 0.265 e. The largest absolute Gasteiger partial charge is 0.492 e. The minimum atomic E-state index is -3.87. The van der Waals surface area contributed by atoms with E-state index in [1.54, 1.807) is 37.3 Å². The molecule has 0 aliphatic rings. The second-order valence-electron chi connectivity index (χ2n) is 5.91. The highest BCUT2D eigenvalue weighted by molar-refractivity contribution is 7.92. The van der Waals surface area contributed by atoms with Gasteiger partial charge in [-0.05, 0) is 62.7 Å². The number of rotatable bonds is 6. The first kappa shape index (κ1) is 19.7. The molecule has 0 spiro atoms. The molecule has 0 aliphatic heterocycles. The Hall–Kier alpha value is -2.09. The molecule has 27 heavy (non-hydrogen) atoms. The average molecular weight is 423 g/mol. The zero-order chi connectivity index (χ0) is 19.6. The van der Waals surface area contributed by atoms with Crippen molar-refractivity contribution in [1.82, 2.24) is 4.98 Å². The molecule has 0 aliphatic carbocycles. The molecule has 1 N–H and O–H groups in total. The molecule has 2 aromatic carbocycles. The average Bonchev–Trinajstić information content (AvgIpc) is 3.04. The lowest BCUT2D eigenvalue weighted by Crippen LogP contribution is -2.15. The number of hydrogen-bond donors (Lipinski definition) is 1. The normalized spacial score (nSPS) is 11.4. The number of sulfonamides is 1. The van der Waals surface area contributed by atoms with Crippen LogP contribution >= 0.6 is 22.9 Å². The molecule has 0 saturated heterocycles. The van der Waals surface area contributed by atoms with Crippen molar-refractivity contribution >= 4 is 38.6 Å². The Kier molecular flexibility index (Phi) is 5.74. The summed E-state index contributed by atoms with van der Waals surface area (Å²) in [7, 11) is -3.87. The molecule has 0 saturated carbocycles.